The Labute approximate surface area is 126 Å². The third-order valence-corrected chi connectivity index (χ3v) is 4.31. The number of carbonyl (C=O) groups is 1. The molecule has 1 amide bonds. The first-order chi connectivity index (χ1) is 10.0. The second-order valence-electron chi connectivity index (χ2n) is 5.90. The van der Waals surface area contributed by atoms with Crippen LogP contribution in [0.1, 0.15) is 30.7 Å². The summed E-state index contributed by atoms with van der Waals surface area (Å²) in [5.74, 6) is 0.0530. The number of hydrogen-bond donors (Lipinski definition) is 2. The van der Waals surface area contributed by atoms with Gasteiger partial charge >= 0.3 is 0 Å². The molecule has 0 saturated carbocycles. The molecule has 0 radical (unpaired) electrons. The van der Waals surface area contributed by atoms with Crippen molar-refractivity contribution in [2.75, 3.05) is 32.0 Å². The summed E-state index contributed by atoms with van der Waals surface area (Å²) >= 11 is 0. The monoisotopic (exact) mass is 293 g/mol. The van der Waals surface area contributed by atoms with Crippen molar-refractivity contribution in [2.24, 2.45) is 7.05 Å². The number of aryl methyl sites for hydroxylation is 2. The smallest absolute Gasteiger partial charge is 0.238 e. The average molecular weight is 293 g/mol. The minimum absolute atomic E-state index is 0.0530. The Morgan fingerprint density at radius 3 is 2.76 bits per heavy atom. The van der Waals surface area contributed by atoms with Crippen LogP contribution in [-0.4, -0.2) is 53.3 Å². The highest BCUT2D eigenvalue weighted by Crippen LogP contribution is 2.19. The van der Waals surface area contributed by atoms with E-state index in [1.165, 1.54) is 19.3 Å². The summed E-state index contributed by atoms with van der Waals surface area (Å²) in [5.41, 5.74) is 2.71. The molecule has 6 heteroatoms. The lowest BCUT2D eigenvalue weighted by Gasteiger charge is -2.35. The summed E-state index contributed by atoms with van der Waals surface area (Å²) in [7, 11) is 3.86. The molecule has 1 saturated heterocycles. The zero-order valence-corrected chi connectivity index (χ0v) is 13.6. The molecule has 6 nitrogen and oxygen atoms in total. The quantitative estimate of drug-likeness (QED) is 0.852. The number of nitrogens with one attached hydrogen (secondary N) is 2. The Morgan fingerprint density at radius 2 is 2.14 bits per heavy atom. The van der Waals surface area contributed by atoms with Gasteiger partial charge in [0, 0.05) is 19.6 Å². The van der Waals surface area contributed by atoms with E-state index in [9.17, 15) is 4.79 Å². The van der Waals surface area contributed by atoms with Crippen molar-refractivity contribution < 1.29 is 4.79 Å². The Hall–Kier alpha value is -1.40. The number of anilines is 1. The van der Waals surface area contributed by atoms with E-state index in [-0.39, 0.29) is 5.91 Å². The second-order valence-corrected chi connectivity index (χ2v) is 5.90. The second kappa shape index (κ2) is 7.04. The van der Waals surface area contributed by atoms with Gasteiger partial charge in [-0.2, -0.15) is 5.10 Å². The molecule has 1 fully saturated rings. The van der Waals surface area contributed by atoms with Crippen LogP contribution in [-0.2, 0) is 11.8 Å². The summed E-state index contributed by atoms with van der Waals surface area (Å²) in [6.07, 6.45) is 3.60. The lowest BCUT2D eigenvalue weighted by atomic mass is 10.0. The van der Waals surface area contributed by atoms with Gasteiger partial charge in [0.2, 0.25) is 5.91 Å². The lowest BCUT2D eigenvalue weighted by Crippen LogP contribution is -2.48. The summed E-state index contributed by atoms with van der Waals surface area (Å²) in [6.45, 7) is 6.30. The van der Waals surface area contributed by atoms with Crippen LogP contribution in [0.25, 0.3) is 0 Å². The Balaban J connectivity index is 1.97. The maximum Gasteiger partial charge on any atom is 0.238 e. The van der Waals surface area contributed by atoms with Gasteiger partial charge in [0.15, 0.2) is 0 Å². The first kappa shape index (κ1) is 16.0. The van der Waals surface area contributed by atoms with Crippen molar-refractivity contribution in [3.8, 4) is 0 Å². The van der Waals surface area contributed by atoms with Gasteiger partial charge in [0.05, 0.1) is 23.6 Å². The van der Waals surface area contributed by atoms with Gasteiger partial charge in [-0.3, -0.25) is 14.4 Å². The molecule has 0 aromatic carbocycles. The van der Waals surface area contributed by atoms with Gasteiger partial charge in [-0.1, -0.05) is 6.42 Å². The number of hydrogen-bond acceptors (Lipinski definition) is 4. The molecule has 118 valence electrons. The van der Waals surface area contributed by atoms with Crippen molar-refractivity contribution in [1.82, 2.24) is 20.0 Å². The topological polar surface area (TPSA) is 62.2 Å². The maximum absolute atomic E-state index is 12.3. The molecule has 1 aromatic heterocycles. The maximum atomic E-state index is 12.3. The molecule has 1 atom stereocenters. The molecule has 2 rings (SSSR count). The highest BCUT2D eigenvalue weighted by molar-refractivity contribution is 5.93. The fourth-order valence-electron chi connectivity index (χ4n) is 3.05. The third kappa shape index (κ3) is 3.83. The number of carbonyl (C=O) groups excluding carboxylic acids is 1. The SMILES string of the molecule is CNCC1CCCCN1CC(=O)Nc1c(C)nn(C)c1C. The molecule has 2 N–H and O–H groups in total. The predicted octanol–water partition coefficient (Wildman–Crippen LogP) is 1.05. The molecular formula is C15H27N5O. The summed E-state index contributed by atoms with van der Waals surface area (Å²) in [5, 5.41) is 10.6. The molecule has 0 bridgehead atoms. The van der Waals surface area contributed by atoms with Crippen LogP contribution in [0.5, 0.6) is 0 Å². The minimum Gasteiger partial charge on any atom is -0.322 e. The fourth-order valence-corrected chi connectivity index (χ4v) is 3.05. The minimum atomic E-state index is 0.0530. The molecule has 1 unspecified atom stereocenters. The number of aromatic nitrogens is 2. The van der Waals surface area contributed by atoms with Crippen LogP contribution < -0.4 is 10.6 Å². The zero-order chi connectivity index (χ0) is 15.4. The van der Waals surface area contributed by atoms with Gasteiger partial charge in [0.25, 0.3) is 0 Å². The number of likely N-dealkylation sites (tertiary alicyclic amines) is 1. The van der Waals surface area contributed by atoms with Crippen molar-refractivity contribution in [3.05, 3.63) is 11.4 Å². The van der Waals surface area contributed by atoms with E-state index in [1.54, 1.807) is 4.68 Å². The van der Waals surface area contributed by atoms with Gasteiger partial charge in [-0.25, -0.2) is 0 Å². The predicted molar refractivity (Wildman–Crippen MR) is 84.5 cm³/mol. The van der Waals surface area contributed by atoms with E-state index in [2.05, 4.69) is 20.6 Å². The molecular weight excluding hydrogens is 266 g/mol. The van der Waals surface area contributed by atoms with Crippen molar-refractivity contribution in [1.29, 1.82) is 0 Å². The molecule has 1 aromatic rings. The van der Waals surface area contributed by atoms with E-state index in [0.717, 1.165) is 30.2 Å². The van der Waals surface area contributed by atoms with Crippen molar-refractivity contribution in [3.63, 3.8) is 0 Å². The Bertz CT molecular complexity index is 494. The van der Waals surface area contributed by atoms with Crippen LogP contribution >= 0.6 is 0 Å². The molecule has 2 heterocycles. The van der Waals surface area contributed by atoms with E-state index in [0.29, 0.717) is 12.6 Å². The Morgan fingerprint density at radius 1 is 1.38 bits per heavy atom. The lowest BCUT2D eigenvalue weighted by molar-refractivity contribution is -0.118. The van der Waals surface area contributed by atoms with E-state index >= 15 is 0 Å². The third-order valence-electron chi connectivity index (χ3n) is 4.31. The van der Waals surface area contributed by atoms with E-state index in [4.69, 9.17) is 0 Å². The average Bonchev–Trinajstić information content (AvgIpc) is 2.68. The van der Waals surface area contributed by atoms with Crippen molar-refractivity contribution >= 4 is 11.6 Å². The number of rotatable bonds is 5. The zero-order valence-electron chi connectivity index (χ0n) is 13.6. The first-order valence-electron chi connectivity index (χ1n) is 7.71. The van der Waals surface area contributed by atoms with Crippen LogP contribution in [0.2, 0.25) is 0 Å². The van der Waals surface area contributed by atoms with Gasteiger partial charge in [-0.15, -0.1) is 0 Å². The van der Waals surface area contributed by atoms with Crippen molar-refractivity contribution in [2.45, 2.75) is 39.2 Å². The highest BCUT2D eigenvalue weighted by atomic mass is 16.2. The number of amides is 1. The van der Waals surface area contributed by atoms with Crippen LogP contribution in [0.15, 0.2) is 0 Å². The Kier molecular flexibility index (Phi) is 5.36. The molecule has 0 spiro atoms. The summed E-state index contributed by atoms with van der Waals surface area (Å²) in [6, 6.07) is 0.464. The van der Waals surface area contributed by atoms with Gasteiger partial charge < -0.3 is 10.6 Å². The molecule has 1 aliphatic heterocycles. The number of nitrogens with zero attached hydrogens (tertiary/aromatic N) is 3. The fraction of sp³-hybridized carbons (Fsp3) is 0.733. The van der Waals surface area contributed by atoms with E-state index < -0.39 is 0 Å². The normalized spacial score (nSPS) is 19.7. The molecule has 21 heavy (non-hydrogen) atoms. The number of piperidine rings is 1. The van der Waals surface area contributed by atoms with Crippen LogP contribution in [0.4, 0.5) is 5.69 Å². The van der Waals surface area contributed by atoms with Crippen LogP contribution in [0, 0.1) is 13.8 Å². The largest absolute Gasteiger partial charge is 0.322 e. The highest BCUT2D eigenvalue weighted by Gasteiger charge is 2.24. The molecule has 0 aliphatic carbocycles. The van der Waals surface area contributed by atoms with Gasteiger partial charge in [0.1, 0.15) is 0 Å². The van der Waals surface area contributed by atoms with E-state index in [1.807, 2.05) is 27.9 Å². The van der Waals surface area contributed by atoms with Gasteiger partial charge in [-0.05, 0) is 40.3 Å². The summed E-state index contributed by atoms with van der Waals surface area (Å²) in [4.78, 5) is 14.6. The summed E-state index contributed by atoms with van der Waals surface area (Å²) < 4.78 is 1.80. The van der Waals surface area contributed by atoms with Crippen LogP contribution in [0.3, 0.4) is 0 Å². The standard InChI is InChI=1S/C15H27N5O/c1-11-15(12(2)19(4)18-11)17-14(21)10-20-8-6-5-7-13(20)9-16-3/h13,16H,5-10H2,1-4H3,(H,17,21). The first-order valence-corrected chi connectivity index (χ1v) is 7.71. The molecule has 1 aliphatic rings. The number of likely N-dealkylation sites (N-methyl/N-ethyl adjacent to an activating group) is 1.